The average molecular weight is 193 g/mol. The third-order valence-corrected chi connectivity index (χ3v) is 1.78. The molecule has 66 valence electrons. The van der Waals surface area contributed by atoms with E-state index in [1.807, 2.05) is 0 Å². The monoisotopic (exact) mass is 192 g/mol. The first kappa shape index (κ1) is 9.26. The van der Waals surface area contributed by atoms with Crippen LogP contribution in [0, 0.1) is 6.92 Å². The van der Waals surface area contributed by atoms with Gasteiger partial charge in [0, 0.05) is 5.02 Å². The summed E-state index contributed by atoms with van der Waals surface area (Å²) in [5, 5.41) is 0.539. The molecule has 0 aliphatic heterocycles. The van der Waals surface area contributed by atoms with Crippen LogP contribution in [0.1, 0.15) is 5.56 Å². The van der Waals surface area contributed by atoms with Crippen LogP contribution in [0.15, 0.2) is 18.2 Å². The number of alkyl halides is 2. The minimum absolute atomic E-state index is 0.131. The molecule has 1 aromatic rings. The molecule has 0 heterocycles. The summed E-state index contributed by atoms with van der Waals surface area (Å²) >= 11 is 5.67. The van der Waals surface area contributed by atoms with Crippen LogP contribution in [0.5, 0.6) is 5.75 Å². The quantitative estimate of drug-likeness (QED) is 0.699. The van der Waals surface area contributed by atoms with Gasteiger partial charge >= 0.3 is 6.61 Å². The van der Waals surface area contributed by atoms with Gasteiger partial charge < -0.3 is 4.74 Å². The van der Waals surface area contributed by atoms with Crippen molar-refractivity contribution in [3.05, 3.63) is 28.8 Å². The highest BCUT2D eigenvalue weighted by atomic mass is 35.5. The van der Waals surface area contributed by atoms with Crippen molar-refractivity contribution in [1.29, 1.82) is 0 Å². The lowest BCUT2D eigenvalue weighted by Gasteiger charge is -2.05. The normalized spacial score (nSPS) is 10.4. The second-order valence-corrected chi connectivity index (χ2v) is 2.70. The molecule has 4 heteroatoms. The molecule has 0 saturated heterocycles. The smallest absolute Gasteiger partial charge is 0.387 e. The Kier molecular flexibility index (Phi) is 2.87. The molecule has 1 rings (SSSR count). The Bertz CT molecular complexity index is 276. The number of benzene rings is 1. The third kappa shape index (κ3) is 2.34. The molecule has 0 atom stereocenters. The first-order valence-electron chi connectivity index (χ1n) is 3.30. The first-order valence-corrected chi connectivity index (χ1v) is 3.68. The standard InChI is InChI=1S/C8H7ClF2O/c1-5-4-6(12-8(10)11)2-3-7(5)9/h2-4,8H,1H3. The van der Waals surface area contributed by atoms with Crippen LogP contribution < -0.4 is 4.74 Å². The van der Waals surface area contributed by atoms with Crippen molar-refractivity contribution in [2.75, 3.05) is 0 Å². The number of ether oxygens (including phenoxy) is 1. The van der Waals surface area contributed by atoms with E-state index < -0.39 is 6.61 Å². The van der Waals surface area contributed by atoms with E-state index in [1.54, 1.807) is 6.92 Å². The SMILES string of the molecule is Cc1cc(OC(F)F)ccc1Cl. The molecule has 0 bridgehead atoms. The van der Waals surface area contributed by atoms with Crippen LogP contribution >= 0.6 is 11.6 Å². The van der Waals surface area contributed by atoms with Crippen molar-refractivity contribution in [3.8, 4) is 5.75 Å². The van der Waals surface area contributed by atoms with Crippen molar-refractivity contribution in [1.82, 2.24) is 0 Å². The summed E-state index contributed by atoms with van der Waals surface area (Å²) in [6, 6.07) is 4.39. The zero-order valence-corrected chi connectivity index (χ0v) is 7.11. The summed E-state index contributed by atoms with van der Waals surface area (Å²) in [6.45, 7) is -1.06. The van der Waals surface area contributed by atoms with Gasteiger partial charge in [-0.3, -0.25) is 0 Å². The van der Waals surface area contributed by atoms with Crippen molar-refractivity contribution >= 4 is 11.6 Å². The summed E-state index contributed by atoms with van der Waals surface area (Å²) < 4.78 is 27.6. The van der Waals surface area contributed by atoms with Gasteiger partial charge in [-0.15, -0.1) is 0 Å². The Hall–Kier alpha value is -0.830. The Balaban J connectivity index is 2.82. The number of hydrogen-bond acceptors (Lipinski definition) is 1. The Morgan fingerprint density at radius 1 is 1.42 bits per heavy atom. The molecule has 0 radical (unpaired) electrons. The Labute approximate surface area is 73.9 Å². The van der Waals surface area contributed by atoms with Crippen LogP contribution in [-0.4, -0.2) is 6.61 Å². The van der Waals surface area contributed by atoms with Gasteiger partial charge in [0.05, 0.1) is 0 Å². The highest BCUT2D eigenvalue weighted by Crippen LogP contribution is 2.22. The van der Waals surface area contributed by atoms with Gasteiger partial charge in [-0.25, -0.2) is 0 Å². The molecule has 1 aromatic carbocycles. The lowest BCUT2D eigenvalue weighted by Crippen LogP contribution is -2.01. The Morgan fingerprint density at radius 3 is 2.58 bits per heavy atom. The zero-order chi connectivity index (χ0) is 9.14. The molecular weight excluding hydrogens is 186 g/mol. The van der Waals surface area contributed by atoms with E-state index >= 15 is 0 Å². The predicted molar refractivity (Wildman–Crippen MR) is 42.8 cm³/mol. The zero-order valence-electron chi connectivity index (χ0n) is 6.35. The molecule has 0 N–H and O–H groups in total. The minimum atomic E-state index is -2.79. The Morgan fingerprint density at radius 2 is 2.08 bits per heavy atom. The lowest BCUT2D eigenvalue weighted by molar-refractivity contribution is -0.0498. The number of rotatable bonds is 2. The lowest BCUT2D eigenvalue weighted by atomic mass is 10.2. The van der Waals surface area contributed by atoms with Gasteiger partial charge in [-0.05, 0) is 30.7 Å². The molecular formula is C8H7ClF2O. The van der Waals surface area contributed by atoms with E-state index in [-0.39, 0.29) is 5.75 Å². The molecule has 12 heavy (non-hydrogen) atoms. The number of aryl methyl sites for hydroxylation is 1. The summed E-state index contributed by atoms with van der Waals surface area (Å²) in [7, 11) is 0. The molecule has 0 saturated carbocycles. The highest BCUT2D eigenvalue weighted by Gasteiger charge is 2.04. The number of hydrogen-bond donors (Lipinski definition) is 0. The highest BCUT2D eigenvalue weighted by molar-refractivity contribution is 6.31. The van der Waals surface area contributed by atoms with Crippen molar-refractivity contribution < 1.29 is 13.5 Å². The van der Waals surface area contributed by atoms with E-state index in [1.165, 1.54) is 18.2 Å². The summed E-state index contributed by atoms with van der Waals surface area (Å²) in [5.41, 5.74) is 0.717. The van der Waals surface area contributed by atoms with Gasteiger partial charge in [0.2, 0.25) is 0 Å². The maximum Gasteiger partial charge on any atom is 0.387 e. The summed E-state index contributed by atoms with van der Waals surface area (Å²) in [6.07, 6.45) is 0. The number of halogens is 3. The fraction of sp³-hybridized carbons (Fsp3) is 0.250. The molecule has 0 fully saturated rings. The van der Waals surface area contributed by atoms with E-state index in [9.17, 15) is 8.78 Å². The van der Waals surface area contributed by atoms with Crippen LogP contribution in [0.3, 0.4) is 0 Å². The van der Waals surface area contributed by atoms with E-state index in [0.717, 1.165) is 5.56 Å². The van der Waals surface area contributed by atoms with Gasteiger partial charge in [0.15, 0.2) is 0 Å². The van der Waals surface area contributed by atoms with Gasteiger partial charge in [0.25, 0.3) is 0 Å². The van der Waals surface area contributed by atoms with Crippen LogP contribution in [0.25, 0.3) is 0 Å². The van der Waals surface area contributed by atoms with Gasteiger partial charge in [-0.2, -0.15) is 8.78 Å². The van der Waals surface area contributed by atoms with E-state index in [0.29, 0.717) is 5.02 Å². The van der Waals surface area contributed by atoms with Crippen LogP contribution in [-0.2, 0) is 0 Å². The average Bonchev–Trinajstić information content (AvgIpc) is 1.96. The molecule has 0 unspecified atom stereocenters. The predicted octanol–water partition coefficient (Wildman–Crippen LogP) is 3.25. The summed E-state index contributed by atoms with van der Waals surface area (Å²) in [4.78, 5) is 0. The maximum atomic E-state index is 11.7. The van der Waals surface area contributed by atoms with Crippen LogP contribution in [0.2, 0.25) is 5.02 Å². The van der Waals surface area contributed by atoms with Crippen molar-refractivity contribution in [2.24, 2.45) is 0 Å². The molecule has 1 nitrogen and oxygen atoms in total. The maximum absolute atomic E-state index is 11.7. The molecule has 0 aliphatic carbocycles. The van der Waals surface area contributed by atoms with E-state index in [4.69, 9.17) is 11.6 Å². The molecule has 0 aromatic heterocycles. The largest absolute Gasteiger partial charge is 0.435 e. The topological polar surface area (TPSA) is 9.23 Å². The molecule has 0 spiro atoms. The first-order chi connectivity index (χ1) is 5.59. The van der Waals surface area contributed by atoms with Gasteiger partial charge in [0.1, 0.15) is 5.75 Å². The van der Waals surface area contributed by atoms with Gasteiger partial charge in [-0.1, -0.05) is 11.6 Å². The molecule has 0 aliphatic rings. The fourth-order valence-corrected chi connectivity index (χ4v) is 0.911. The second kappa shape index (κ2) is 3.72. The second-order valence-electron chi connectivity index (χ2n) is 2.29. The van der Waals surface area contributed by atoms with E-state index in [2.05, 4.69) is 4.74 Å². The minimum Gasteiger partial charge on any atom is -0.435 e. The fourth-order valence-electron chi connectivity index (χ4n) is 0.793. The summed E-state index contributed by atoms with van der Waals surface area (Å²) in [5.74, 6) is 0.131. The van der Waals surface area contributed by atoms with Crippen LogP contribution in [0.4, 0.5) is 8.78 Å². The van der Waals surface area contributed by atoms with Crippen molar-refractivity contribution in [3.63, 3.8) is 0 Å². The van der Waals surface area contributed by atoms with Crippen molar-refractivity contribution in [2.45, 2.75) is 13.5 Å². The third-order valence-electron chi connectivity index (χ3n) is 1.35. The molecule has 0 amide bonds.